The van der Waals surface area contributed by atoms with E-state index in [0.717, 1.165) is 0 Å². The summed E-state index contributed by atoms with van der Waals surface area (Å²) in [5.41, 5.74) is 5.50. The molecule has 0 atom stereocenters. The number of aryl methyl sites for hydroxylation is 1. The monoisotopic (exact) mass is 302 g/mol. The first kappa shape index (κ1) is 14.1. The minimum Gasteiger partial charge on any atom is -0.340 e. The van der Waals surface area contributed by atoms with Crippen molar-refractivity contribution in [3.63, 3.8) is 0 Å². The maximum atomic E-state index is 12.0. The molecule has 0 unspecified atom stereocenters. The summed E-state index contributed by atoms with van der Waals surface area (Å²) in [6.45, 7) is 2.10. The van der Waals surface area contributed by atoms with E-state index in [0.29, 0.717) is 23.0 Å². The fraction of sp³-hybridized carbons (Fsp3) is 0.400. The maximum Gasteiger partial charge on any atom is 0.241 e. The van der Waals surface area contributed by atoms with Crippen molar-refractivity contribution in [2.45, 2.75) is 24.8 Å². The highest BCUT2D eigenvalue weighted by atomic mass is 32.2. The van der Waals surface area contributed by atoms with Gasteiger partial charge in [0, 0.05) is 31.3 Å². The summed E-state index contributed by atoms with van der Waals surface area (Å²) in [5, 5.41) is 5.40. The van der Waals surface area contributed by atoms with Crippen LogP contribution in [-0.4, -0.2) is 25.1 Å². The van der Waals surface area contributed by atoms with E-state index in [9.17, 15) is 8.42 Å². The van der Waals surface area contributed by atoms with Crippen LogP contribution < -0.4 is 10.5 Å². The summed E-state index contributed by atoms with van der Waals surface area (Å²) < 4.78 is 31.4. The molecule has 0 saturated heterocycles. The minimum absolute atomic E-state index is 0.206. The predicted octanol–water partition coefficient (Wildman–Crippen LogP) is 0.419. The number of rotatable bonds is 6. The van der Waals surface area contributed by atoms with Gasteiger partial charge in [-0.1, -0.05) is 5.16 Å². The molecule has 2 rings (SSSR count). The molecule has 0 aromatic carbocycles. The number of nitrogens with one attached hydrogen (secondary N) is 1. The third-order valence-electron chi connectivity index (χ3n) is 2.39. The summed E-state index contributed by atoms with van der Waals surface area (Å²) in [7, 11) is -3.53. The van der Waals surface area contributed by atoms with Crippen molar-refractivity contribution in [1.29, 1.82) is 0 Å². The zero-order valence-electron chi connectivity index (χ0n) is 10.3. The lowest BCUT2D eigenvalue weighted by Crippen LogP contribution is -2.26. The van der Waals surface area contributed by atoms with Crippen LogP contribution in [0.4, 0.5) is 0 Å². The Kier molecular flexibility index (Phi) is 4.30. The van der Waals surface area contributed by atoms with E-state index < -0.39 is 10.0 Å². The van der Waals surface area contributed by atoms with E-state index >= 15 is 0 Å². The van der Waals surface area contributed by atoms with Gasteiger partial charge < -0.3 is 10.3 Å². The number of aromatic nitrogens is 2. The molecule has 0 amide bonds. The molecule has 0 bridgehead atoms. The molecular formula is C10H14N4O3S2. The quantitative estimate of drug-likeness (QED) is 0.800. The number of thiophene rings is 1. The van der Waals surface area contributed by atoms with Crippen LogP contribution in [0.15, 0.2) is 20.9 Å². The van der Waals surface area contributed by atoms with E-state index in [4.69, 9.17) is 10.3 Å². The second-order valence-electron chi connectivity index (χ2n) is 3.79. The van der Waals surface area contributed by atoms with Gasteiger partial charge in [0.05, 0.1) is 4.90 Å². The van der Waals surface area contributed by atoms with Crippen LogP contribution in [0.5, 0.6) is 0 Å². The normalized spacial score (nSPS) is 11.9. The van der Waals surface area contributed by atoms with Gasteiger partial charge in [-0.3, -0.25) is 0 Å². The van der Waals surface area contributed by atoms with Crippen molar-refractivity contribution in [3.05, 3.63) is 28.0 Å². The van der Waals surface area contributed by atoms with Gasteiger partial charge >= 0.3 is 0 Å². The van der Waals surface area contributed by atoms with Gasteiger partial charge in [-0.15, -0.1) is 11.3 Å². The SMILES string of the molecule is Cc1nc(CCNS(=O)(=O)c2ccsc2CN)no1. The lowest BCUT2D eigenvalue weighted by atomic mass is 10.4. The lowest BCUT2D eigenvalue weighted by Gasteiger charge is -2.05. The molecule has 0 aliphatic rings. The summed E-state index contributed by atoms with van der Waals surface area (Å²) in [5.74, 6) is 0.936. The molecule has 0 aliphatic carbocycles. The molecule has 9 heteroatoms. The Morgan fingerprint density at radius 2 is 2.32 bits per heavy atom. The molecule has 0 fully saturated rings. The van der Waals surface area contributed by atoms with Gasteiger partial charge in [0.15, 0.2) is 5.82 Å². The fourth-order valence-corrected chi connectivity index (χ4v) is 3.90. The average molecular weight is 302 g/mol. The molecule has 19 heavy (non-hydrogen) atoms. The first-order chi connectivity index (χ1) is 9.03. The Morgan fingerprint density at radius 1 is 1.53 bits per heavy atom. The Labute approximate surface area is 114 Å². The Morgan fingerprint density at radius 3 is 2.95 bits per heavy atom. The molecule has 0 aliphatic heterocycles. The van der Waals surface area contributed by atoms with E-state index in [-0.39, 0.29) is 18.0 Å². The van der Waals surface area contributed by atoms with Crippen molar-refractivity contribution in [2.75, 3.05) is 6.54 Å². The second kappa shape index (κ2) is 5.78. The fourth-order valence-electron chi connectivity index (χ4n) is 1.53. The van der Waals surface area contributed by atoms with Crippen LogP contribution in [0.25, 0.3) is 0 Å². The van der Waals surface area contributed by atoms with Crippen molar-refractivity contribution >= 4 is 21.4 Å². The van der Waals surface area contributed by atoms with Crippen molar-refractivity contribution in [2.24, 2.45) is 5.73 Å². The van der Waals surface area contributed by atoms with Crippen molar-refractivity contribution in [1.82, 2.24) is 14.9 Å². The van der Waals surface area contributed by atoms with Gasteiger partial charge in [0.25, 0.3) is 0 Å². The summed E-state index contributed by atoms with van der Waals surface area (Å²) in [6, 6.07) is 1.55. The molecular weight excluding hydrogens is 288 g/mol. The third-order valence-corrected chi connectivity index (χ3v) is 5.01. The van der Waals surface area contributed by atoms with Gasteiger partial charge in [-0.25, -0.2) is 13.1 Å². The summed E-state index contributed by atoms with van der Waals surface area (Å²) in [6.07, 6.45) is 0.374. The van der Waals surface area contributed by atoms with Gasteiger partial charge in [0.1, 0.15) is 0 Å². The third kappa shape index (κ3) is 3.38. The molecule has 0 radical (unpaired) electrons. The molecule has 3 N–H and O–H groups in total. The summed E-state index contributed by atoms with van der Waals surface area (Å²) >= 11 is 1.33. The van der Waals surface area contributed by atoms with E-state index in [1.54, 1.807) is 18.4 Å². The van der Waals surface area contributed by atoms with Gasteiger partial charge in [0.2, 0.25) is 15.9 Å². The number of nitrogens with zero attached hydrogens (tertiary/aromatic N) is 2. The molecule has 7 nitrogen and oxygen atoms in total. The molecule has 2 heterocycles. The first-order valence-electron chi connectivity index (χ1n) is 5.58. The van der Waals surface area contributed by atoms with Crippen LogP contribution >= 0.6 is 11.3 Å². The molecule has 0 saturated carbocycles. The second-order valence-corrected chi connectivity index (χ2v) is 6.53. The molecule has 2 aromatic rings. The van der Waals surface area contributed by atoms with Gasteiger partial charge in [-0.05, 0) is 11.4 Å². The predicted molar refractivity (Wildman–Crippen MR) is 70.1 cm³/mol. The van der Waals surface area contributed by atoms with E-state index in [2.05, 4.69) is 14.9 Å². The number of hydrogen-bond acceptors (Lipinski definition) is 7. The Bertz CT molecular complexity index is 647. The minimum atomic E-state index is -3.53. The zero-order chi connectivity index (χ0) is 13.9. The Hall–Kier alpha value is -1.29. The average Bonchev–Trinajstić information content (AvgIpc) is 2.97. The molecule has 2 aromatic heterocycles. The number of nitrogens with two attached hydrogens (primary N) is 1. The van der Waals surface area contributed by atoms with Crippen LogP contribution in [0.3, 0.4) is 0 Å². The highest BCUT2D eigenvalue weighted by Gasteiger charge is 2.18. The van der Waals surface area contributed by atoms with Crippen molar-refractivity contribution < 1.29 is 12.9 Å². The highest BCUT2D eigenvalue weighted by molar-refractivity contribution is 7.89. The van der Waals surface area contributed by atoms with E-state index in [1.165, 1.54) is 11.3 Å². The lowest BCUT2D eigenvalue weighted by molar-refractivity contribution is 0.387. The van der Waals surface area contributed by atoms with Crippen LogP contribution in [0, 0.1) is 6.92 Å². The largest absolute Gasteiger partial charge is 0.340 e. The number of sulfonamides is 1. The smallest absolute Gasteiger partial charge is 0.241 e. The topological polar surface area (TPSA) is 111 Å². The van der Waals surface area contributed by atoms with Crippen LogP contribution in [-0.2, 0) is 23.0 Å². The van der Waals surface area contributed by atoms with E-state index in [1.807, 2.05) is 0 Å². The van der Waals surface area contributed by atoms with Crippen LogP contribution in [0.1, 0.15) is 16.6 Å². The molecule has 104 valence electrons. The molecule has 0 spiro atoms. The first-order valence-corrected chi connectivity index (χ1v) is 7.94. The summed E-state index contributed by atoms with van der Waals surface area (Å²) in [4.78, 5) is 4.88. The maximum absolute atomic E-state index is 12.0. The standard InChI is InChI=1S/C10H14N4O3S2/c1-7-13-10(14-17-7)2-4-12-19(15,16)9-3-5-18-8(9)6-11/h3,5,12H,2,4,6,11H2,1H3. The van der Waals surface area contributed by atoms with Gasteiger partial charge in [-0.2, -0.15) is 4.98 Å². The Balaban J connectivity index is 1.98. The van der Waals surface area contributed by atoms with Crippen molar-refractivity contribution in [3.8, 4) is 0 Å². The van der Waals surface area contributed by atoms with Crippen LogP contribution in [0.2, 0.25) is 0 Å². The zero-order valence-corrected chi connectivity index (χ0v) is 11.9. The highest BCUT2D eigenvalue weighted by Crippen LogP contribution is 2.20. The number of hydrogen-bond donors (Lipinski definition) is 2.